The van der Waals surface area contributed by atoms with Crippen LogP contribution in [0.1, 0.15) is 5.56 Å². The highest BCUT2D eigenvalue weighted by Crippen LogP contribution is 2.36. The molecule has 0 amide bonds. The van der Waals surface area contributed by atoms with Gasteiger partial charge in [-0.2, -0.15) is 5.26 Å². The Hall–Kier alpha value is -1.60. The predicted molar refractivity (Wildman–Crippen MR) is 48.2 cm³/mol. The van der Waals surface area contributed by atoms with Gasteiger partial charge in [0.25, 0.3) is 0 Å². The van der Waals surface area contributed by atoms with Crippen LogP contribution in [0.2, 0.25) is 0 Å². The summed E-state index contributed by atoms with van der Waals surface area (Å²) in [6.45, 7) is 0. The number of benzene rings is 1. The SMILES string of the molecule is N#Cc1c(O)sc2cc(F)ccc12. The Balaban J connectivity index is 2.88. The molecule has 4 heteroatoms. The molecule has 0 aliphatic carbocycles. The van der Waals surface area contributed by atoms with Gasteiger partial charge >= 0.3 is 0 Å². The fraction of sp³-hybridized carbons (Fsp3) is 0. The molecule has 0 saturated carbocycles. The molecule has 0 bridgehead atoms. The molecule has 64 valence electrons. The highest BCUT2D eigenvalue weighted by molar-refractivity contribution is 7.21. The topological polar surface area (TPSA) is 44.0 Å². The van der Waals surface area contributed by atoms with Gasteiger partial charge in [-0.25, -0.2) is 4.39 Å². The second-order valence-electron chi connectivity index (χ2n) is 2.53. The van der Waals surface area contributed by atoms with Crippen molar-refractivity contribution in [3.05, 3.63) is 29.6 Å². The molecule has 0 unspecified atom stereocenters. The molecule has 0 aliphatic heterocycles. The second kappa shape index (κ2) is 2.71. The molecular weight excluding hydrogens is 189 g/mol. The van der Waals surface area contributed by atoms with E-state index in [1.54, 1.807) is 0 Å². The Bertz CT molecular complexity index is 512. The van der Waals surface area contributed by atoms with Crippen LogP contribution in [0.15, 0.2) is 18.2 Å². The van der Waals surface area contributed by atoms with E-state index >= 15 is 0 Å². The summed E-state index contributed by atoms with van der Waals surface area (Å²) < 4.78 is 13.3. The second-order valence-corrected chi connectivity index (χ2v) is 3.57. The molecule has 0 fully saturated rings. The number of nitriles is 1. The molecule has 2 rings (SSSR count). The van der Waals surface area contributed by atoms with Crippen molar-refractivity contribution in [3.63, 3.8) is 0 Å². The molecule has 0 radical (unpaired) electrons. The Morgan fingerprint density at radius 3 is 2.92 bits per heavy atom. The van der Waals surface area contributed by atoms with Gasteiger partial charge in [-0.1, -0.05) is 11.3 Å². The smallest absolute Gasteiger partial charge is 0.190 e. The Labute approximate surface area is 77.5 Å². The fourth-order valence-electron chi connectivity index (χ4n) is 1.17. The molecule has 1 heterocycles. The maximum absolute atomic E-state index is 12.7. The third-order valence-corrected chi connectivity index (χ3v) is 2.70. The average molecular weight is 193 g/mol. The lowest BCUT2D eigenvalue weighted by atomic mass is 10.2. The van der Waals surface area contributed by atoms with Crippen molar-refractivity contribution in [2.75, 3.05) is 0 Å². The summed E-state index contributed by atoms with van der Waals surface area (Å²) in [7, 11) is 0. The zero-order valence-electron chi connectivity index (χ0n) is 6.41. The summed E-state index contributed by atoms with van der Waals surface area (Å²) >= 11 is 1.01. The number of nitrogens with zero attached hydrogens (tertiary/aromatic N) is 1. The molecular formula is C9H4FNOS. The van der Waals surface area contributed by atoms with Gasteiger partial charge in [-0.15, -0.1) is 0 Å². The van der Waals surface area contributed by atoms with Crippen molar-refractivity contribution >= 4 is 21.4 Å². The molecule has 0 aliphatic rings. The van der Waals surface area contributed by atoms with Gasteiger partial charge in [0.2, 0.25) is 0 Å². The number of halogens is 1. The van der Waals surface area contributed by atoms with Crippen molar-refractivity contribution in [1.82, 2.24) is 0 Å². The third-order valence-electron chi connectivity index (χ3n) is 1.75. The van der Waals surface area contributed by atoms with Crippen LogP contribution in [0.25, 0.3) is 10.1 Å². The van der Waals surface area contributed by atoms with Crippen molar-refractivity contribution in [2.24, 2.45) is 0 Å². The van der Waals surface area contributed by atoms with E-state index in [0.29, 0.717) is 10.1 Å². The van der Waals surface area contributed by atoms with E-state index in [1.165, 1.54) is 18.2 Å². The highest BCUT2D eigenvalue weighted by Gasteiger charge is 2.10. The van der Waals surface area contributed by atoms with E-state index in [0.717, 1.165) is 11.3 Å². The number of aromatic hydroxyl groups is 1. The van der Waals surface area contributed by atoms with Crippen molar-refractivity contribution in [3.8, 4) is 11.1 Å². The lowest BCUT2D eigenvalue weighted by molar-refractivity contribution is 0.490. The van der Waals surface area contributed by atoms with Crippen LogP contribution in [0, 0.1) is 17.1 Å². The van der Waals surface area contributed by atoms with E-state index < -0.39 is 0 Å². The van der Waals surface area contributed by atoms with Crippen LogP contribution >= 0.6 is 11.3 Å². The van der Waals surface area contributed by atoms with Crippen LogP contribution < -0.4 is 0 Å². The largest absolute Gasteiger partial charge is 0.499 e. The maximum atomic E-state index is 12.7. The third kappa shape index (κ3) is 1.14. The number of hydrogen-bond acceptors (Lipinski definition) is 3. The number of rotatable bonds is 0. The van der Waals surface area contributed by atoms with Crippen LogP contribution in [-0.2, 0) is 0 Å². The molecule has 1 aromatic heterocycles. The van der Waals surface area contributed by atoms with Crippen molar-refractivity contribution < 1.29 is 9.50 Å². The van der Waals surface area contributed by atoms with Gasteiger partial charge < -0.3 is 5.11 Å². The fourth-order valence-corrected chi connectivity index (χ4v) is 2.08. The Kier molecular flexibility index (Phi) is 1.67. The van der Waals surface area contributed by atoms with Gasteiger partial charge in [-0.05, 0) is 18.2 Å². The molecule has 1 aromatic carbocycles. The number of fused-ring (bicyclic) bond motifs is 1. The first-order chi connectivity index (χ1) is 6.22. The zero-order valence-corrected chi connectivity index (χ0v) is 7.23. The van der Waals surface area contributed by atoms with Crippen LogP contribution in [0.5, 0.6) is 5.06 Å². The minimum atomic E-state index is -0.363. The highest BCUT2D eigenvalue weighted by atomic mass is 32.1. The predicted octanol–water partition coefficient (Wildman–Crippen LogP) is 2.62. The lowest BCUT2D eigenvalue weighted by Gasteiger charge is -1.88. The lowest BCUT2D eigenvalue weighted by Crippen LogP contribution is -1.73. The monoisotopic (exact) mass is 193 g/mol. The van der Waals surface area contributed by atoms with Gasteiger partial charge in [0.1, 0.15) is 17.4 Å². The molecule has 1 N–H and O–H groups in total. The van der Waals surface area contributed by atoms with E-state index in [-0.39, 0.29) is 16.4 Å². The summed E-state index contributed by atoms with van der Waals surface area (Å²) in [5, 5.41) is 18.5. The molecule has 0 saturated heterocycles. The molecule has 2 aromatic rings. The standard InChI is InChI=1S/C9H4FNOS/c10-5-1-2-6-7(4-11)9(12)13-8(6)3-5/h1-3,12H. The van der Waals surface area contributed by atoms with Crippen molar-refractivity contribution in [2.45, 2.75) is 0 Å². The molecule has 0 spiro atoms. The average Bonchev–Trinajstić information content (AvgIpc) is 2.39. The van der Waals surface area contributed by atoms with Gasteiger partial charge in [0, 0.05) is 10.1 Å². The number of hydrogen-bond donors (Lipinski definition) is 1. The van der Waals surface area contributed by atoms with Crippen molar-refractivity contribution in [1.29, 1.82) is 5.26 Å². The van der Waals surface area contributed by atoms with Gasteiger partial charge in [0.05, 0.1) is 0 Å². The first-order valence-corrected chi connectivity index (χ1v) is 4.35. The Morgan fingerprint density at radius 2 is 2.23 bits per heavy atom. The van der Waals surface area contributed by atoms with Crippen LogP contribution in [-0.4, -0.2) is 5.11 Å². The van der Waals surface area contributed by atoms with Crippen LogP contribution in [0.3, 0.4) is 0 Å². The number of thiophene rings is 1. The Morgan fingerprint density at radius 1 is 1.46 bits per heavy atom. The maximum Gasteiger partial charge on any atom is 0.190 e. The van der Waals surface area contributed by atoms with E-state index in [2.05, 4.69) is 0 Å². The van der Waals surface area contributed by atoms with E-state index in [4.69, 9.17) is 5.26 Å². The van der Waals surface area contributed by atoms with Gasteiger partial charge in [0.15, 0.2) is 5.06 Å². The molecule has 0 atom stereocenters. The minimum absolute atomic E-state index is 0.0527. The molecule has 13 heavy (non-hydrogen) atoms. The summed E-state index contributed by atoms with van der Waals surface area (Å²) in [6.07, 6.45) is 0. The molecule has 2 nitrogen and oxygen atoms in total. The van der Waals surface area contributed by atoms with E-state index in [9.17, 15) is 9.50 Å². The summed E-state index contributed by atoms with van der Waals surface area (Å²) in [5.74, 6) is -0.363. The van der Waals surface area contributed by atoms with Crippen LogP contribution in [0.4, 0.5) is 4.39 Å². The quantitative estimate of drug-likeness (QED) is 0.698. The summed E-state index contributed by atoms with van der Waals surface area (Å²) in [6, 6.07) is 5.95. The van der Waals surface area contributed by atoms with Gasteiger partial charge in [-0.3, -0.25) is 0 Å². The summed E-state index contributed by atoms with van der Waals surface area (Å²) in [4.78, 5) is 0. The normalized spacial score (nSPS) is 10.2. The first kappa shape index (κ1) is 8.02. The zero-order chi connectivity index (χ0) is 9.42. The first-order valence-electron chi connectivity index (χ1n) is 3.53. The van der Waals surface area contributed by atoms with E-state index in [1.807, 2.05) is 6.07 Å². The minimum Gasteiger partial charge on any atom is -0.499 e. The summed E-state index contributed by atoms with van der Waals surface area (Å²) in [5.41, 5.74) is 0.222.